The molecule has 1 aromatic carbocycles. The average molecular weight is 289 g/mol. The van der Waals surface area contributed by atoms with Crippen molar-refractivity contribution in [1.82, 2.24) is 5.32 Å². The zero-order chi connectivity index (χ0) is 12.5. The van der Waals surface area contributed by atoms with Gasteiger partial charge in [-0.05, 0) is 18.6 Å². The van der Waals surface area contributed by atoms with E-state index < -0.39 is 0 Å². The number of carbonyl (C=O) groups excluding carboxylic acids is 1. The summed E-state index contributed by atoms with van der Waals surface area (Å²) in [5, 5.41) is 2.85. The number of hydrogen-bond acceptors (Lipinski definition) is 3. The minimum Gasteiger partial charge on any atom is -0.354 e. The van der Waals surface area contributed by atoms with Gasteiger partial charge in [-0.15, -0.1) is 24.2 Å². The van der Waals surface area contributed by atoms with Crippen LogP contribution in [0.15, 0.2) is 35.2 Å². The van der Waals surface area contributed by atoms with Gasteiger partial charge in [-0.2, -0.15) is 0 Å². The Balaban J connectivity index is 0.00000289. The first kappa shape index (κ1) is 17.3. The lowest BCUT2D eigenvalue weighted by atomic mass is 10.2. The van der Waals surface area contributed by atoms with Crippen molar-refractivity contribution in [2.24, 2.45) is 5.73 Å². The fourth-order valence-electron chi connectivity index (χ4n) is 1.43. The molecule has 0 aliphatic heterocycles. The van der Waals surface area contributed by atoms with Crippen LogP contribution in [0.25, 0.3) is 0 Å². The first-order valence-electron chi connectivity index (χ1n) is 5.95. The van der Waals surface area contributed by atoms with Gasteiger partial charge in [0.25, 0.3) is 0 Å². The summed E-state index contributed by atoms with van der Waals surface area (Å²) in [5.74, 6) is 0.828. The Bertz CT molecular complexity index is 335. The Morgan fingerprint density at radius 2 is 2.06 bits per heavy atom. The molecule has 1 aromatic rings. The Labute approximate surface area is 119 Å². The van der Waals surface area contributed by atoms with Crippen molar-refractivity contribution in [1.29, 1.82) is 0 Å². The maximum absolute atomic E-state index is 11.5. The molecule has 0 bridgehead atoms. The summed E-state index contributed by atoms with van der Waals surface area (Å²) in [7, 11) is 0. The number of halogens is 1. The van der Waals surface area contributed by atoms with Crippen molar-refractivity contribution in [3.8, 4) is 0 Å². The van der Waals surface area contributed by atoms with E-state index in [0.29, 0.717) is 6.54 Å². The molecule has 0 radical (unpaired) electrons. The van der Waals surface area contributed by atoms with E-state index in [-0.39, 0.29) is 24.4 Å². The lowest BCUT2D eigenvalue weighted by Crippen LogP contribution is -2.41. The highest BCUT2D eigenvalue weighted by atomic mass is 35.5. The van der Waals surface area contributed by atoms with E-state index in [1.165, 1.54) is 4.90 Å². The van der Waals surface area contributed by atoms with Gasteiger partial charge in [-0.25, -0.2) is 0 Å². The van der Waals surface area contributed by atoms with Gasteiger partial charge in [0.05, 0.1) is 6.04 Å². The molecule has 0 heterocycles. The first-order valence-corrected chi connectivity index (χ1v) is 6.93. The van der Waals surface area contributed by atoms with E-state index in [9.17, 15) is 4.79 Å². The molecule has 0 aliphatic carbocycles. The summed E-state index contributed by atoms with van der Waals surface area (Å²) in [4.78, 5) is 12.7. The molecule has 1 rings (SSSR count). The average Bonchev–Trinajstić information content (AvgIpc) is 2.36. The second kappa shape index (κ2) is 10.2. The van der Waals surface area contributed by atoms with Crippen LogP contribution in [0.3, 0.4) is 0 Å². The minimum absolute atomic E-state index is 0. The monoisotopic (exact) mass is 288 g/mol. The maximum Gasteiger partial charge on any atom is 0.236 e. The number of hydrogen-bond donors (Lipinski definition) is 2. The van der Waals surface area contributed by atoms with Crippen LogP contribution >= 0.6 is 24.2 Å². The van der Waals surface area contributed by atoms with Crippen molar-refractivity contribution < 1.29 is 4.79 Å². The Hall–Kier alpha value is -0.710. The van der Waals surface area contributed by atoms with Gasteiger partial charge in [0.15, 0.2) is 0 Å². The standard InChI is InChI=1S/C13H20N2OS.ClH/c1-2-6-12(14)13(16)15-9-10-17-11-7-4-3-5-8-11;/h3-5,7-8,12H,2,6,9-10,14H2,1H3,(H,15,16);1H. The SMILES string of the molecule is CCCC(N)C(=O)NCCSc1ccccc1.Cl. The maximum atomic E-state index is 11.5. The molecular formula is C13H21ClN2OS. The summed E-state index contributed by atoms with van der Waals surface area (Å²) in [6.45, 7) is 2.69. The molecule has 1 unspecified atom stereocenters. The second-order valence-electron chi connectivity index (χ2n) is 3.85. The fourth-order valence-corrected chi connectivity index (χ4v) is 2.22. The van der Waals surface area contributed by atoms with Crippen molar-refractivity contribution in [2.75, 3.05) is 12.3 Å². The van der Waals surface area contributed by atoms with E-state index in [1.807, 2.05) is 25.1 Å². The zero-order valence-electron chi connectivity index (χ0n) is 10.6. The summed E-state index contributed by atoms with van der Waals surface area (Å²) < 4.78 is 0. The summed E-state index contributed by atoms with van der Waals surface area (Å²) >= 11 is 1.73. The van der Waals surface area contributed by atoms with Crippen molar-refractivity contribution in [2.45, 2.75) is 30.7 Å². The van der Waals surface area contributed by atoms with Gasteiger partial charge in [0.2, 0.25) is 5.91 Å². The smallest absolute Gasteiger partial charge is 0.236 e. The number of nitrogens with two attached hydrogens (primary N) is 1. The Kier molecular flexibility index (Phi) is 9.83. The molecule has 0 aromatic heterocycles. The molecule has 5 heteroatoms. The fraction of sp³-hybridized carbons (Fsp3) is 0.462. The molecule has 0 spiro atoms. The summed E-state index contributed by atoms with van der Waals surface area (Å²) in [6, 6.07) is 9.79. The van der Waals surface area contributed by atoms with Gasteiger partial charge in [0.1, 0.15) is 0 Å². The molecule has 0 aliphatic rings. The van der Waals surface area contributed by atoms with Gasteiger partial charge < -0.3 is 11.1 Å². The van der Waals surface area contributed by atoms with Crippen LogP contribution in [0, 0.1) is 0 Å². The zero-order valence-corrected chi connectivity index (χ0v) is 12.2. The summed E-state index contributed by atoms with van der Waals surface area (Å²) in [6.07, 6.45) is 1.69. The largest absolute Gasteiger partial charge is 0.354 e. The Morgan fingerprint density at radius 3 is 2.67 bits per heavy atom. The van der Waals surface area contributed by atoms with Crippen molar-refractivity contribution >= 4 is 30.1 Å². The predicted octanol–water partition coefficient (Wildman–Crippen LogP) is 2.44. The van der Waals surface area contributed by atoms with Gasteiger partial charge in [0, 0.05) is 17.2 Å². The third-order valence-corrected chi connectivity index (χ3v) is 3.36. The number of nitrogens with one attached hydrogen (secondary N) is 1. The van der Waals surface area contributed by atoms with E-state index >= 15 is 0 Å². The van der Waals surface area contributed by atoms with Crippen LogP contribution in [0.1, 0.15) is 19.8 Å². The highest BCUT2D eigenvalue weighted by molar-refractivity contribution is 7.99. The topological polar surface area (TPSA) is 55.1 Å². The van der Waals surface area contributed by atoms with Crippen molar-refractivity contribution in [3.05, 3.63) is 30.3 Å². The normalized spacial score (nSPS) is 11.4. The van der Waals surface area contributed by atoms with Crippen LogP contribution < -0.4 is 11.1 Å². The van der Waals surface area contributed by atoms with Crippen LogP contribution in [-0.2, 0) is 4.79 Å². The molecule has 0 saturated carbocycles. The van der Waals surface area contributed by atoms with E-state index in [2.05, 4.69) is 17.4 Å². The second-order valence-corrected chi connectivity index (χ2v) is 5.02. The molecule has 0 saturated heterocycles. The summed E-state index contributed by atoms with van der Waals surface area (Å²) in [5.41, 5.74) is 5.70. The van der Waals surface area contributed by atoms with E-state index in [4.69, 9.17) is 5.73 Å². The lowest BCUT2D eigenvalue weighted by molar-refractivity contribution is -0.122. The lowest BCUT2D eigenvalue weighted by Gasteiger charge is -2.10. The molecule has 1 atom stereocenters. The third kappa shape index (κ3) is 6.89. The Morgan fingerprint density at radius 1 is 1.39 bits per heavy atom. The number of benzene rings is 1. The van der Waals surface area contributed by atoms with Gasteiger partial charge >= 0.3 is 0 Å². The van der Waals surface area contributed by atoms with Crippen LogP contribution in [-0.4, -0.2) is 24.2 Å². The first-order chi connectivity index (χ1) is 8.24. The molecule has 0 fully saturated rings. The molecule has 1 amide bonds. The number of amides is 1. The number of carbonyl (C=O) groups is 1. The van der Waals surface area contributed by atoms with E-state index in [1.54, 1.807) is 11.8 Å². The number of thioether (sulfide) groups is 1. The third-order valence-electron chi connectivity index (χ3n) is 2.35. The number of rotatable bonds is 7. The van der Waals surface area contributed by atoms with Crippen LogP contribution in [0.5, 0.6) is 0 Å². The quantitative estimate of drug-likeness (QED) is 0.598. The highest BCUT2D eigenvalue weighted by Crippen LogP contribution is 2.15. The predicted molar refractivity (Wildman–Crippen MR) is 80.3 cm³/mol. The highest BCUT2D eigenvalue weighted by Gasteiger charge is 2.10. The molecule has 18 heavy (non-hydrogen) atoms. The minimum atomic E-state index is -0.360. The molecule has 3 N–H and O–H groups in total. The van der Waals surface area contributed by atoms with Crippen LogP contribution in [0.4, 0.5) is 0 Å². The van der Waals surface area contributed by atoms with E-state index in [0.717, 1.165) is 18.6 Å². The molecular weight excluding hydrogens is 268 g/mol. The van der Waals surface area contributed by atoms with Gasteiger partial charge in [-0.1, -0.05) is 31.5 Å². The van der Waals surface area contributed by atoms with Crippen LogP contribution in [0.2, 0.25) is 0 Å². The van der Waals surface area contributed by atoms with Crippen molar-refractivity contribution in [3.63, 3.8) is 0 Å². The van der Waals surface area contributed by atoms with Gasteiger partial charge in [-0.3, -0.25) is 4.79 Å². The molecule has 102 valence electrons. The molecule has 3 nitrogen and oxygen atoms in total.